The lowest BCUT2D eigenvalue weighted by molar-refractivity contribution is -0.116. The maximum atomic E-state index is 12.1. The van der Waals surface area contributed by atoms with Crippen LogP contribution < -0.4 is 21.3 Å². The van der Waals surface area contributed by atoms with Crippen LogP contribution in [0.2, 0.25) is 0 Å². The van der Waals surface area contributed by atoms with E-state index < -0.39 is 0 Å². The van der Waals surface area contributed by atoms with E-state index in [0.29, 0.717) is 23.7 Å². The minimum atomic E-state index is -0.279. The number of anilines is 2. The number of benzene rings is 1. The van der Waals surface area contributed by atoms with E-state index in [1.807, 2.05) is 26.0 Å². The summed E-state index contributed by atoms with van der Waals surface area (Å²) in [4.78, 5) is 23.9. The molecule has 1 aromatic rings. The molecule has 6 nitrogen and oxygen atoms in total. The number of amides is 3. The Bertz CT molecular complexity index is 539. The molecule has 0 saturated carbocycles. The summed E-state index contributed by atoms with van der Waals surface area (Å²) in [6, 6.07) is 7.00. The quantitative estimate of drug-likeness (QED) is 0.650. The van der Waals surface area contributed by atoms with Gasteiger partial charge in [0, 0.05) is 12.5 Å². The average molecular weight is 318 g/mol. The van der Waals surface area contributed by atoms with Gasteiger partial charge in [-0.05, 0) is 57.8 Å². The molecule has 2 rings (SSSR count). The summed E-state index contributed by atoms with van der Waals surface area (Å²) in [5.41, 5.74) is 1.22. The number of urea groups is 1. The standard InChI is InChI=1S/C17H26N4O2/c1-12(2)19-17(23)21-15-6-4-3-5-14(15)20-16(22)8-7-13-9-10-18-11-13/h3-6,12-13,18H,7-11H2,1-2H3,(H,20,22)(H2,19,21,23). The van der Waals surface area contributed by atoms with Gasteiger partial charge >= 0.3 is 6.03 Å². The van der Waals surface area contributed by atoms with Crippen molar-refractivity contribution < 1.29 is 9.59 Å². The molecule has 23 heavy (non-hydrogen) atoms. The van der Waals surface area contributed by atoms with Gasteiger partial charge in [0.2, 0.25) is 5.91 Å². The molecule has 1 fully saturated rings. The van der Waals surface area contributed by atoms with Crippen LogP contribution in [0.1, 0.15) is 33.1 Å². The second-order valence-corrected chi connectivity index (χ2v) is 6.24. The van der Waals surface area contributed by atoms with Crippen molar-refractivity contribution in [2.45, 2.75) is 39.2 Å². The Morgan fingerprint density at radius 1 is 1.22 bits per heavy atom. The molecule has 1 heterocycles. The second-order valence-electron chi connectivity index (χ2n) is 6.24. The summed E-state index contributed by atoms with van der Waals surface area (Å²) in [6.45, 7) is 5.83. The lowest BCUT2D eigenvalue weighted by Gasteiger charge is -2.14. The van der Waals surface area contributed by atoms with Gasteiger partial charge in [-0.1, -0.05) is 12.1 Å². The van der Waals surface area contributed by atoms with E-state index in [4.69, 9.17) is 0 Å². The highest BCUT2D eigenvalue weighted by Crippen LogP contribution is 2.22. The molecule has 1 aromatic carbocycles. The number of carbonyl (C=O) groups is 2. The number of hydrogen-bond donors (Lipinski definition) is 4. The van der Waals surface area contributed by atoms with Crippen LogP contribution in [0.25, 0.3) is 0 Å². The van der Waals surface area contributed by atoms with Crippen LogP contribution in [0, 0.1) is 5.92 Å². The van der Waals surface area contributed by atoms with Gasteiger partial charge in [0.15, 0.2) is 0 Å². The fourth-order valence-corrected chi connectivity index (χ4v) is 2.63. The van der Waals surface area contributed by atoms with Crippen LogP contribution in [0.5, 0.6) is 0 Å². The molecule has 1 aliphatic heterocycles. The van der Waals surface area contributed by atoms with Crippen molar-refractivity contribution in [1.82, 2.24) is 10.6 Å². The van der Waals surface area contributed by atoms with Crippen molar-refractivity contribution in [3.63, 3.8) is 0 Å². The maximum Gasteiger partial charge on any atom is 0.319 e. The third-order valence-electron chi connectivity index (χ3n) is 3.81. The zero-order valence-corrected chi connectivity index (χ0v) is 13.8. The molecule has 1 saturated heterocycles. The van der Waals surface area contributed by atoms with E-state index in [2.05, 4.69) is 21.3 Å². The number of nitrogens with one attached hydrogen (secondary N) is 4. The van der Waals surface area contributed by atoms with Crippen LogP contribution in [-0.4, -0.2) is 31.1 Å². The largest absolute Gasteiger partial charge is 0.336 e. The molecule has 4 N–H and O–H groups in total. The summed E-state index contributed by atoms with van der Waals surface area (Å²) in [5, 5.41) is 11.7. The van der Waals surface area contributed by atoms with Gasteiger partial charge in [-0.3, -0.25) is 4.79 Å². The predicted octanol–water partition coefficient (Wildman–Crippen LogP) is 2.54. The van der Waals surface area contributed by atoms with Crippen molar-refractivity contribution >= 4 is 23.3 Å². The summed E-state index contributed by atoms with van der Waals surface area (Å²) in [6.07, 6.45) is 2.53. The van der Waals surface area contributed by atoms with E-state index >= 15 is 0 Å². The molecule has 1 aliphatic rings. The summed E-state index contributed by atoms with van der Waals surface area (Å²) >= 11 is 0. The molecule has 1 atom stereocenters. The Kier molecular flexibility index (Phi) is 6.40. The molecule has 0 aromatic heterocycles. The molecule has 6 heteroatoms. The molecule has 126 valence electrons. The number of para-hydroxylation sites is 2. The van der Waals surface area contributed by atoms with Gasteiger partial charge in [-0.15, -0.1) is 0 Å². The van der Waals surface area contributed by atoms with Gasteiger partial charge in [-0.2, -0.15) is 0 Å². The first-order valence-electron chi connectivity index (χ1n) is 8.21. The summed E-state index contributed by atoms with van der Waals surface area (Å²) in [7, 11) is 0. The molecule has 0 bridgehead atoms. The first kappa shape index (κ1) is 17.3. The third kappa shape index (κ3) is 5.90. The first-order chi connectivity index (χ1) is 11.0. The van der Waals surface area contributed by atoms with Crippen molar-refractivity contribution in [2.24, 2.45) is 5.92 Å². The lowest BCUT2D eigenvalue weighted by atomic mass is 10.0. The summed E-state index contributed by atoms with van der Waals surface area (Å²) < 4.78 is 0. The molecular formula is C17H26N4O2. The second kappa shape index (κ2) is 8.53. The van der Waals surface area contributed by atoms with Crippen LogP contribution in [0.4, 0.5) is 16.2 Å². The lowest BCUT2D eigenvalue weighted by Crippen LogP contribution is -2.34. The number of carbonyl (C=O) groups excluding carboxylic acids is 2. The van der Waals surface area contributed by atoms with Crippen LogP contribution >= 0.6 is 0 Å². The Balaban J connectivity index is 1.88. The smallest absolute Gasteiger partial charge is 0.319 e. The van der Waals surface area contributed by atoms with Crippen LogP contribution in [0.15, 0.2) is 24.3 Å². The van der Waals surface area contributed by atoms with Crippen molar-refractivity contribution in [3.8, 4) is 0 Å². The van der Waals surface area contributed by atoms with Crippen molar-refractivity contribution in [2.75, 3.05) is 23.7 Å². The predicted molar refractivity (Wildman–Crippen MR) is 92.6 cm³/mol. The highest BCUT2D eigenvalue weighted by molar-refractivity contribution is 5.99. The highest BCUT2D eigenvalue weighted by Gasteiger charge is 2.16. The molecule has 1 unspecified atom stereocenters. The number of rotatable bonds is 6. The molecule has 3 amide bonds. The van der Waals surface area contributed by atoms with E-state index in [-0.39, 0.29) is 18.0 Å². The average Bonchev–Trinajstić information content (AvgIpc) is 2.99. The monoisotopic (exact) mass is 318 g/mol. The van der Waals surface area contributed by atoms with Gasteiger partial charge < -0.3 is 21.3 Å². The first-order valence-corrected chi connectivity index (χ1v) is 8.21. The zero-order valence-electron chi connectivity index (χ0n) is 13.8. The fraction of sp³-hybridized carbons (Fsp3) is 0.529. The molecule has 0 aliphatic carbocycles. The zero-order chi connectivity index (χ0) is 16.7. The number of hydrogen-bond acceptors (Lipinski definition) is 3. The minimum absolute atomic E-state index is 0.0181. The Morgan fingerprint density at radius 3 is 2.52 bits per heavy atom. The Morgan fingerprint density at radius 2 is 1.91 bits per heavy atom. The molecule has 0 spiro atoms. The SMILES string of the molecule is CC(C)NC(=O)Nc1ccccc1NC(=O)CCC1CCNC1. The van der Waals surface area contributed by atoms with Crippen molar-refractivity contribution in [1.29, 1.82) is 0 Å². The van der Waals surface area contributed by atoms with Crippen LogP contribution in [-0.2, 0) is 4.79 Å². The normalized spacial score (nSPS) is 17.1. The molecule has 0 radical (unpaired) electrons. The van der Waals surface area contributed by atoms with E-state index in [9.17, 15) is 9.59 Å². The van der Waals surface area contributed by atoms with Crippen LogP contribution in [0.3, 0.4) is 0 Å². The Hall–Kier alpha value is -2.08. The minimum Gasteiger partial charge on any atom is -0.336 e. The van der Waals surface area contributed by atoms with Gasteiger partial charge in [0.05, 0.1) is 11.4 Å². The van der Waals surface area contributed by atoms with E-state index in [0.717, 1.165) is 25.9 Å². The highest BCUT2D eigenvalue weighted by atomic mass is 16.2. The van der Waals surface area contributed by atoms with Gasteiger partial charge in [0.25, 0.3) is 0 Å². The fourth-order valence-electron chi connectivity index (χ4n) is 2.63. The summed E-state index contributed by atoms with van der Waals surface area (Å²) in [5.74, 6) is 0.571. The van der Waals surface area contributed by atoms with E-state index in [1.54, 1.807) is 12.1 Å². The van der Waals surface area contributed by atoms with Crippen molar-refractivity contribution in [3.05, 3.63) is 24.3 Å². The topological polar surface area (TPSA) is 82.3 Å². The Labute approximate surface area is 137 Å². The maximum absolute atomic E-state index is 12.1. The van der Waals surface area contributed by atoms with Gasteiger partial charge in [-0.25, -0.2) is 4.79 Å². The van der Waals surface area contributed by atoms with Gasteiger partial charge in [0.1, 0.15) is 0 Å². The van der Waals surface area contributed by atoms with E-state index in [1.165, 1.54) is 0 Å². The molecular weight excluding hydrogens is 292 g/mol. The third-order valence-corrected chi connectivity index (χ3v) is 3.81.